The fourth-order valence-electron chi connectivity index (χ4n) is 1.26. The van der Waals surface area contributed by atoms with Crippen LogP contribution in [0, 0.1) is 5.82 Å². The molecule has 7 heteroatoms. The van der Waals surface area contributed by atoms with E-state index in [9.17, 15) is 22.4 Å². The summed E-state index contributed by atoms with van der Waals surface area (Å²) in [7, 11) is 0. The van der Waals surface area contributed by atoms with Gasteiger partial charge in [-0.25, -0.2) is 4.39 Å². The zero-order valence-corrected chi connectivity index (χ0v) is 9.38. The van der Waals surface area contributed by atoms with Gasteiger partial charge in [-0.05, 0) is 13.0 Å². The molecule has 0 bridgehead atoms. The first-order chi connectivity index (χ1) is 8.31. The Morgan fingerprint density at radius 3 is 2.56 bits per heavy atom. The van der Waals surface area contributed by atoms with Crippen LogP contribution in [0.5, 0.6) is 5.75 Å². The number of hydrogen-bond acceptors (Lipinski definition) is 3. The molecule has 0 fully saturated rings. The molecule has 0 aliphatic carbocycles. The Hall–Kier alpha value is -1.79. The minimum absolute atomic E-state index is 0.0906. The van der Waals surface area contributed by atoms with Gasteiger partial charge in [0.2, 0.25) is 0 Å². The number of carbonyl (C=O) groups is 1. The van der Waals surface area contributed by atoms with Crippen LogP contribution in [0.2, 0.25) is 0 Å². The van der Waals surface area contributed by atoms with Crippen LogP contribution in [0.15, 0.2) is 18.2 Å². The van der Waals surface area contributed by atoms with E-state index < -0.39 is 30.3 Å². The minimum Gasteiger partial charge on any atom is -0.466 e. The monoisotopic (exact) mass is 266 g/mol. The molecule has 0 aromatic heterocycles. The maximum Gasteiger partial charge on any atom is 0.573 e. The minimum atomic E-state index is -4.95. The third-order valence-corrected chi connectivity index (χ3v) is 1.90. The van der Waals surface area contributed by atoms with Gasteiger partial charge in [-0.3, -0.25) is 4.79 Å². The Morgan fingerprint density at radius 1 is 1.33 bits per heavy atom. The summed E-state index contributed by atoms with van der Waals surface area (Å²) in [6, 6.07) is 2.56. The summed E-state index contributed by atoms with van der Waals surface area (Å²) in [6.45, 7) is 1.67. The summed E-state index contributed by atoms with van der Waals surface area (Å²) < 4.78 is 57.3. The van der Waals surface area contributed by atoms with Gasteiger partial charge in [0, 0.05) is 11.6 Å². The first-order valence-electron chi connectivity index (χ1n) is 5.01. The predicted molar refractivity (Wildman–Crippen MR) is 53.4 cm³/mol. The molecule has 1 aromatic rings. The molecule has 18 heavy (non-hydrogen) atoms. The number of hydrogen-bond donors (Lipinski definition) is 0. The van der Waals surface area contributed by atoms with E-state index in [0.717, 1.165) is 12.1 Å². The molecule has 0 aliphatic heterocycles. The molecule has 0 unspecified atom stereocenters. The second-order valence-electron chi connectivity index (χ2n) is 3.28. The zero-order chi connectivity index (χ0) is 13.8. The van der Waals surface area contributed by atoms with Crippen LogP contribution in [-0.2, 0) is 16.0 Å². The third-order valence-electron chi connectivity index (χ3n) is 1.90. The Bertz CT molecular complexity index is 429. The summed E-state index contributed by atoms with van der Waals surface area (Å²) in [6.07, 6.45) is -5.36. The fourth-order valence-corrected chi connectivity index (χ4v) is 1.26. The average molecular weight is 266 g/mol. The molecule has 3 nitrogen and oxygen atoms in total. The maximum absolute atomic E-state index is 12.8. The lowest BCUT2D eigenvalue weighted by molar-refractivity contribution is -0.275. The van der Waals surface area contributed by atoms with Gasteiger partial charge in [0.1, 0.15) is 11.6 Å². The van der Waals surface area contributed by atoms with Gasteiger partial charge in [0.15, 0.2) is 0 Å². The Morgan fingerprint density at radius 2 is 2.00 bits per heavy atom. The van der Waals surface area contributed by atoms with Gasteiger partial charge in [-0.1, -0.05) is 6.07 Å². The largest absolute Gasteiger partial charge is 0.573 e. The molecular weight excluding hydrogens is 256 g/mol. The van der Waals surface area contributed by atoms with E-state index in [-0.39, 0.29) is 12.2 Å². The van der Waals surface area contributed by atoms with Crippen LogP contribution in [0.4, 0.5) is 17.6 Å². The number of ether oxygens (including phenoxy) is 2. The molecule has 0 radical (unpaired) electrons. The molecule has 0 N–H and O–H groups in total. The summed E-state index contributed by atoms with van der Waals surface area (Å²) in [5.41, 5.74) is -0.0906. The van der Waals surface area contributed by atoms with E-state index in [1.54, 1.807) is 6.92 Å². The standard InChI is InChI=1S/C11H10F4O3/c1-2-17-10(16)5-7-3-4-8(12)6-9(7)18-11(13,14)15/h3-4,6H,2,5H2,1H3. The number of benzene rings is 1. The van der Waals surface area contributed by atoms with Crippen LogP contribution < -0.4 is 4.74 Å². The SMILES string of the molecule is CCOC(=O)Cc1ccc(F)cc1OC(F)(F)F. The topological polar surface area (TPSA) is 35.5 Å². The van der Waals surface area contributed by atoms with Crippen molar-refractivity contribution in [2.45, 2.75) is 19.7 Å². The molecule has 0 saturated carbocycles. The summed E-state index contributed by atoms with van der Waals surface area (Å²) in [5.74, 6) is -2.34. The number of alkyl halides is 3. The normalized spacial score (nSPS) is 11.2. The van der Waals surface area contributed by atoms with E-state index in [0.29, 0.717) is 6.07 Å². The maximum atomic E-state index is 12.8. The summed E-state index contributed by atoms with van der Waals surface area (Å²) in [4.78, 5) is 11.2. The number of rotatable bonds is 4. The van der Waals surface area contributed by atoms with E-state index in [1.165, 1.54) is 0 Å². The van der Waals surface area contributed by atoms with Crippen LogP contribution >= 0.6 is 0 Å². The molecule has 1 aromatic carbocycles. The van der Waals surface area contributed by atoms with Crippen molar-refractivity contribution in [1.82, 2.24) is 0 Å². The molecule has 0 saturated heterocycles. The highest BCUT2D eigenvalue weighted by Crippen LogP contribution is 2.27. The number of carbonyl (C=O) groups excluding carboxylic acids is 1. The highest BCUT2D eigenvalue weighted by molar-refractivity contribution is 5.73. The quantitative estimate of drug-likeness (QED) is 0.621. The van der Waals surface area contributed by atoms with E-state index >= 15 is 0 Å². The molecule has 0 heterocycles. The van der Waals surface area contributed by atoms with Crippen LogP contribution in [0.1, 0.15) is 12.5 Å². The van der Waals surface area contributed by atoms with Gasteiger partial charge < -0.3 is 9.47 Å². The molecule has 0 amide bonds. The molecule has 0 spiro atoms. The molecule has 100 valence electrons. The van der Waals surface area contributed by atoms with E-state index in [2.05, 4.69) is 9.47 Å². The van der Waals surface area contributed by atoms with Crippen molar-refractivity contribution in [3.05, 3.63) is 29.6 Å². The van der Waals surface area contributed by atoms with Gasteiger partial charge >= 0.3 is 12.3 Å². The van der Waals surface area contributed by atoms with Gasteiger partial charge in [0.05, 0.1) is 13.0 Å². The van der Waals surface area contributed by atoms with Crippen molar-refractivity contribution in [3.8, 4) is 5.75 Å². The molecule has 0 aliphatic rings. The Kier molecular flexibility index (Phi) is 4.52. The van der Waals surface area contributed by atoms with Gasteiger partial charge in [-0.2, -0.15) is 0 Å². The Balaban J connectivity index is 2.93. The van der Waals surface area contributed by atoms with Crippen molar-refractivity contribution < 1.29 is 31.8 Å². The lowest BCUT2D eigenvalue weighted by atomic mass is 10.1. The van der Waals surface area contributed by atoms with Gasteiger partial charge in [-0.15, -0.1) is 13.2 Å². The van der Waals surface area contributed by atoms with Crippen LogP contribution in [0.3, 0.4) is 0 Å². The van der Waals surface area contributed by atoms with Crippen molar-refractivity contribution in [2.24, 2.45) is 0 Å². The van der Waals surface area contributed by atoms with Crippen LogP contribution in [-0.4, -0.2) is 18.9 Å². The number of esters is 1. The predicted octanol–water partition coefficient (Wildman–Crippen LogP) is 2.83. The second-order valence-corrected chi connectivity index (χ2v) is 3.28. The van der Waals surface area contributed by atoms with Crippen molar-refractivity contribution in [1.29, 1.82) is 0 Å². The van der Waals surface area contributed by atoms with Crippen molar-refractivity contribution >= 4 is 5.97 Å². The summed E-state index contributed by atoms with van der Waals surface area (Å²) >= 11 is 0. The lowest BCUT2D eigenvalue weighted by Gasteiger charge is -2.13. The molecule has 0 atom stereocenters. The van der Waals surface area contributed by atoms with Crippen molar-refractivity contribution in [3.63, 3.8) is 0 Å². The number of halogens is 4. The van der Waals surface area contributed by atoms with Crippen LogP contribution in [0.25, 0.3) is 0 Å². The van der Waals surface area contributed by atoms with E-state index in [4.69, 9.17) is 0 Å². The highest BCUT2D eigenvalue weighted by atomic mass is 19.4. The van der Waals surface area contributed by atoms with E-state index in [1.807, 2.05) is 0 Å². The first-order valence-corrected chi connectivity index (χ1v) is 5.01. The smallest absolute Gasteiger partial charge is 0.466 e. The average Bonchev–Trinajstić information content (AvgIpc) is 2.20. The van der Waals surface area contributed by atoms with Crippen molar-refractivity contribution in [2.75, 3.05) is 6.61 Å². The molecule has 1 rings (SSSR count). The summed E-state index contributed by atoms with van der Waals surface area (Å²) in [5, 5.41) is 0. The highest BCUT2D eigenvalue weighted by Gasteiger charge is 2.32. The molecular formula is C11H10F4O3. The lowest BCUT2D eigenvalue weighted by Crippen LogP contribution is -2.19. The third kappa shape index (κ3) is 4.60. The second kappa shape index (κ2) is 5.70. The zero-order valence-electron chi connectivity index (χ0n) is 9.38. The fraction of sp³-hybridized carbons (Fsp3) is 0.364. The van der Waals surface area contributed by atoms with Gasteiger partial charge in [0.25, 0.3) is 0 Å². The first kappa shape index (κ1) is 14.3. The Labute approximate surface area is 100 Å².